The van der Waals surface area contributed by atoms with Crippen LogP contribution in [-0.2, 0) is 5.41 Å². The molecule has 0 saturated carbocycles. The summed E-state index contributed by atoms with van der Waals surface area (Å²) in [6.07, 6.45) is 1.13. The summed E-state index contributed by atoms with van der Waals surface area (Å²) in [7, 11) is 1.71. The van der Waals surface area contributed by atoms with Crippen LogP contribution in [-0.4, -0.2) is 20.2 Å². The monoisotopic (exact) mass is 225 g/mol. The van der Waals surface area contributed by atoms with Gasteiger partial charge in [-0.25, -0.2) is 0 Å². The van der Waals surface area contributed by atoms with Gasteiger partial charge in [-0.1, -0.05) is 18.5 Å². The zero-order chi connectivity index (χ0) is 10.9. The Bertz CT molecular complexity index is 359. The largest absolute Gasteiger partial charge is 0.496 e. The lowest BCUT2D eigenvalue weighted by Crippen LogP contribution is -2.25. The Labute approximate surface area is 95.6 Å². The van der Waals surface area contributed by atoms with Crippen molar-refractivity contribution in [2.45, 2.75) is 18.8 Å². The van der Waals surface area contributed by atoms with Gasteiger partial charge in [0, 0.05) is 22.5 Å². The highest BCUT2D eigenvalue weighted by atomic mass is 35.5. The molecule has 0 aliphatic carbocycles. The zero-order valence-electron chi connectivity index (χ0n) is 9.14. The zero-order valence-corrected chi connectivity index (χ0v) is 9.90. The van der Waals surface area contributed by atoms with E-state index < -0.39 is 0 Å². The van der Waals surface area contributed by atoms with Gasteiger partial charge in [0.15, 0.2) is 0 Å². The van der Waals surface area contributed by atoms with E-state index in [0.29, 0.717) is 0 Å². The van der Waals surface area contributed by atoms with E-state index >= 15 is 0 Å². The average molecular weight is 226 g/mol. The summed E-state index contributed by atoms with van der Waals surface area (Å²) in [4.78, 5) is 0. The van der Waals surface area contributed by atoms with E-state index in [0.717, 1.165) is 30.3 Å². The third-order valence-corrected chi connectivity index (χ3v) is 3.42. The van der Waals surface area contributed by atoms with Crippen molar-refractivity contribution in [3.8, 4) is 5.75 Å². The van der Waals surface area contributed by atoms with Gasteiger partial charge in [-0.3, -0.25) is 0 Å². The summed E-state index contributed by atoms with van der Waals surface area (Å²) < 4.78 is 5.39. The van der Waals surface area contributed by atoms with E-state index in [9.17, 15) is 0 Å². The van der Waals surface area contributed by atoms with E-state index in [4.69, 9.17) is 16.3 Å². The minimum Gasteiger partial charge on any atom is -0.496 e. The maximum absolute atomic E-state index is 6.04. The molecule has 1 atom stereocenters. The highest BCUT2D eigenvalue weighted by Crippen LogP contribution is 2.37. The van der Waals surface area contributed by atoms with Crippen LogP contribution in [0.5, 0.6) is 5.75 Å². The molecular weight excluding hydrogens is 210 g/mol. The molecule has 1 aromatic rings. The summed E-state index contributed by atoms with van der Waals surface area (Å²) in [6.45, 7) is 4.30. The molecular formula is C12H16ClNO. The van der Waals surface area contributed by atoms with Crippen molar-refractivity contribution in [1.29, 1.82) is 0 Å². The molecule has 1 aliphatic heterocycles. The van der Waals surface area contributed by atoms with Gasteiger partial charge in [0.2, 0.25) is 0 Å². The fraction of sp³-hybridized carbons (Fsp3) is 0.500. The molecule has 82 valence electrons. The van der Waals surface area contributed by atoms with E-state index in [1.54, 1.807) is 7.11 Å². The fourth-order valence-corrected chi connectivity index (χ4v) is 2.37. The Hall–Kier alpha value is -0.730. The van der Waals surface area contributed by atoms with Gasteiger partial charge in [0.1, 0.15) is 5.75 Å². The molecule has 1 saturated heterocycles. The molecule has 1 N–H and O–H groups in total. The number of nitrogens with one attached hydrogen (secondary N) is 1. The summed E-state index contributed by atoms with van der Waals surface area (Å²) in [5.41, 5.74) is 1.36. The van der Waals surface area contributed by atoms with Crippen LogP contribution >= 0.6 is 11.6 Å². The second-order valence-corrected chi connectivity index (χ2v) is 4.77. The van der Waals surface area contributed by atoms with Gasteiger partial charge in [0.25, 0.3) is 0 Å². The number of hydrogen-bond acceptors (Lipinski definition) is 2. The number of halogens is 1. The van der Waals surface area contributed by atoms with Crippen LogP contribution in [0.2, 0.25) is 5.02 Å². The van der Waals surface area contributed by atoms with Crippen molar-refractivity contribution in [3.63, 3.8) is 0 Å². The molecule has 0 aromatic heterocycles. The lowest BCUT2D eigenvalue weighted by molar-refractivity contribution is 0.391. The summed E-state index contributed by atoms with van der Waals surface area (Å²) >= 11 is 6.04. The first-order chi connectivity index (χ1) is 7.15. The number of hydrogen-bond donors (Lipinski definition) is 1. The molecule has 2 nitrogen and oxygen atoms in total. The number of benzene rings is 1. The van der Waals surface area contributed by atoms with Crippen LogP contribution in [0, 0.1) is 0 Å². The quantitative estimate of drug-likeness (QED) is 0.836. The SMILES string of the molecule is COc1ccc(Cl)cc1C1(C)CCNC1. The number of rotatable bonds is 2. The van der Waals surface area contributed by atoms with Gasteiger partial charge in [-0.15, -0.1) is 0 Å². The Morgan fingerprint density at radius 1 is 1.47 bits per heavy atom. The van der Waals surface area contributed by atoms with Crippen molar-refractivity contribution >= 4 is 11.6 Å². The maximum atomic E-state index is 6.04. The first-order valence-corrected chi connectivity index (χ1v) is 5.58. The maximum Gasteiger partial charge on any atom is 0.122 e. The molecule has 0 spiro atoms. The summed E-state index contributed by atoms with van der Waals surface area (Å²) in [5.74, 6) is 0.936. The molecule has 2 rings (SSSR count). The predicted octanol–water partition coefficient (Wildman–Crippen LogP) is 2.60. The second kappa shape index (κ2) is 4.03. The van der Waals surface area contributed by atoms with Crippen molar-refractivity contribution in [2.24, 2.45) is 0 Å². The van der Waals surface area contributed by atoms with Crippen LogP contribution < -0.4 is 10.1 Å². The lowest BCUT2D eigenvalue weighted by Gasteiger charge is -2.25. The smallest absolute Gasteiger partial charge is 0.122 e. The van der Waals surface area contributed by atoms with Crippen molar-refractivity contribution < 1.29 is 4.74 Å². The Morgan fingerprint density at radius 3 is 2.87 bits per heavy atom. The summed E-state index contributed by atoms with van der Waals surface area (Å²) in [5, 5.41) is 4.16. The van der Waals surface area contributed by atoms with Crippen LogP contribution in [0.3, 0.4) is 0 Å². The van der Waals surface area contributed by atoms with E-state index in [1.165, 1.54) is 5.56 Å². The molecule has 0 bridgehead atoms. The molecule has 0 amide bonds. The minimum absolute atomic E-state index is 0.149. The van der Waals surface area contributed by atoms with Crippen molar-refractivity contribution in [1.82, 2.24) is 5.32 Å². The van der Waals surface area contributed by atoms with Gasteiger partial charge in [-0.2, -0.15) is 0 Å². The van der Waals surface area contributed by atoms with Gasteiger partial charge >= 0.3 is 0 Å². The third kappa shape index (κ3) is 1.97. The summed E-state index contributed by atoms with van der Waals surface area (Å²) in [6, 6.07) is 5.84. The normalized spacial score (nSPS) is 25.5. The number of ether oxygens (including phenoxy) is 1. The Kier molecular flexibility index (Phi) is 2.89. The van der Waals surface area contributed by atoms with Crippen LogP contribution in [0.25, 0.3) is 0 Å². The second-order valence-electron chi connectivity index (χ2n) is 4.33. The van der Waals surface area contributed by atoms with Gasteiger partial charge < -0.3 is 10.1 Å². The van der Waals surface area contributed by atoms with Crippen molar-refractivity contribution in [3.05, 3.63) is 28.8 Å². The topological polar surface area (TPSA) is 21.3 Å². The lowest BCUT2D eigenvalue weighted by atomic mass is 9.81. The molecule has 1 heterocycles. The molecule has 1 aromatic carbocycles. The first-order valence-electron chi connectivity index (χ1n) is 5.20. The molecule has 1 unspecified atom stereocenters. The van der Waals surface area contributed by atoms with E-state index in [-0.39, 0.29) is 5.41 Å². The molecule has 0 radical (unpaired) electrons. The first kappa shape index (κ1) is 10.8. The predicted molar refractivity (Wildman–Crippen MR) is 62.8 cm³/mol. The third-order valence-electron chi connectivity index (χ3n) is 3.18. The Balaban J connectivity index is 2.44. The fourth-order valence-electron chi connectivity index (χ4n) is 2.20. The van der Waals surface area contributed by atoms with Crippen LogP contribution in [0.1, 0.15) is 18.9 Å². The molecule has 3 heteroatoms. The van der Waals surface area contributed by atoms with Gasteiger partial charge in [-0.05, 0) is 31.2 Å². The number of methoxy groups -OCH3 is 1. The highest BCUT2D eigenvalue weighted by Gasteiger charge is 2.33. The van der Waals surface area contributed by atoms with Crippen molar-refractivity contribution in [2.75, 3.05) is 20.2 Å². The average Bonchev–Trinajstić information content (AvgIpc) is 2.66. The van der Waals surface area contributed by atoms with Crippen LogP contribution in [0.15, 0.2) is 18.2 Å². The van der Waals surface area contributed by atoms with E-state index in [1.807, 2.05) is 18.2 Å². The standard InChI is InChI=1S/C12H16ClNO/c1-12(5-6-14-8-12)10-7-9(13)3-4-11(10)15-2/h3-4,7,14H,5-6,8H2,1-2H3. The molecule has 15 heavy (non-hydrogen) atoms. The molecule has 1 aliphatic rings. The molecule has 1 fully saturated rings. The van der Waals surface area contributed by atoms with Gasteiger partial charge in [0.05, 0.1) is 7.11 Å². The Morgan fingerprint density at radius 2 is 2.27 bits per heavy atom. The van der Waals surface area contributed by atoms with E-state index in [2.05, 4.69) is 12.2 Å². The highest BCUT2D eigenvalue weighted by molar-refractivity contribution is 6.30. The minimum atomic E-state index is 0.149. The van der Waals surface area contributed by atoms with Crippen LogP contribution in [0.4, 0.5) is 0 Å².